The van der Waals surface area contributed by atoms with Crippen LogP contribution in [0.4, 0.5) is 0 Å². The van der Waals surface area contributed by atoms with Crippen molar-refractivity contribution in [3.05, 3.63) is 29.6 Å². The number of aromatic nitrogens is 1. The van der Waals surface area contributed by atoms with Crippen LogP contribution in [0.3, 0.4) is 0 Å². The van der Waals surface area contributed by atoms with Gasteiger partial charge in [-0.2, -0.15) is 0 Å². The lowest BCUT2D eigenvalue weighted by Crippen LogP contribution is -2.40. The first-order valence-corrected chi connectivity index (χ1v) is 9.07. The van der Waals surface area contributed by atoms with Crippen molar-refractivity contribution >= 4 is 0 Å². The van der Waals surface area contributed by atoms with Crippen molar-refractivity contribution in [1.82, 2.24) is 10.3 Å². The Morgan fingerprint density at radius 3 is 2.95 bits per heavy atom. The minimum absolute atomic E-state index is 0.697. The zero-order valence-electron chi connectivity index (χ0n) is 13.5. The normalized spacial score (nSPS) is 29.7. The van der Waals surface area contributed by atoms with Gasteiger partial charge in [-0.3, -0.25) is 4.98 Å². The molecule has 0 saturated heterocycles. The van der Waals surface area contributed by atoms with E-state index in [4.69, 9.17) is 4.98 Å². The fraction of sp³-hybridized carbons (Fsp3) is 0.737. The zero-order valence-corrected chi connectivity index (χ0v) is 13.5. The molecule has 3 unspecified atom stereocenters. The van der Waals surface area contributed by atoms with Gasteiger partial charge in [-0.1, -0.05) is 32.3 Å². The van der Waals surface area contributed by atoms with E-state index in [0.29, 0.717) is 12.0 Å². The highest BCUT2D eigenvalue weighted by Crippen LogP contribution is 2.41. The number of fused-ring (bicyclic) bond motifs is 1. The first kappa shape index (κ1) is 15.0. The molecule has 116 valence electrons. The van der Waals surface area contributed by atoms with E-state index in [9.17, 15) is 0 Å². The number of nitrogens with zero attached hydrogens (tertiary/aromatic N) is 1. The standard InChI is InChI=1S/C19H30N2/c1-2-13-20-18-12-5-3-4-10-16(18)17-11-6-8-15-9-7-14-21-19(15)17/h7,9,14,16-18,20H,2-6,8,10-13H2,1H3. The second kappa shape index (κ2) is 7.40. The largest absolute Gasteiger partial charge is 0.314 e. The van der Waals surface area contributed by atoms with Crippen molar-refractivity contribution in [3.8, 4) is 0 Å². The van der Waals surface area contributed by atoms with E-state index in [-0.39, 0.29) is 0 Å². The molecule has 2 heteroatoms. The van der Waals surface area contributed by atoms with E-state index in [2.05, 4.69) is 24.4 Å². The van der Waals surface area contributed by atoms with Gasteiger partial charge < -0.3 is 5.32 Å². The molecule has 1 saturated carbocycles. The highest BCUT2D eigenvalue weighted by molar-refractivity contribution is 5.27. The molecule has 1 aromatic rings. The van der Waals surface area contributed by atoms with Gasteiger partial charge in [-0.25, -0.2) is 0 Å². The van der Waals surface area contributed by atoms with Crippen LogP contribution in [-0.4, -0.2) is 17.6 Å². The van der Waals surface area contributed by atoms with E-state index < -0.39 is 0 Å². The molecule has 2 nitrogen and oxygen atoms in total. The summed E-state index contributed by atoms with van der Waals surface area (Å²) in [5, 5.41) is 3.86. The van der Waals surface area contributed by atoms with Gasteiger partial charge in [0.1, 0.15) is 0 Å². The molecule has 0 aromatic carbocycles. The summed E-state index contributed by atoms with van der Waals surface area (Å²) >= 11 is 0. The van der Waals surface area contributed by atoms with Gasteiger partial charge in [0.25, 0.3) is 0 Å². The van der Waals surface area contributed by atoms with Crippen LogP contribution in [0.25, 0.3) is 0 Å². The van der Waals surface area contributed by atoms with Crippen molar-refractivity contribution in [2.24, 2.45) is 5.92 Å². The molecule has 2 aliphatic rings. The summed E-state index contributed by atoms with van der Waals surface area (Å²) in [5.74, 6) is 1.50. The quantitative estimate of drug-likeness (QED) is 0.827. The van der Waals surface area contributed by atoms with E-state index in [1.165, 1.54) is 75.6 Å². The van der Waals surface area contributed by atoms with E-state index >= 15 is 0 Å². The summed E-state index contributed by atoms with van der Waals surface area (Å²) in [4.78, 5) is 4.79. The van der Waals surface area contributed by atoms with E-state index in [1.54, 1.807) is 0 Å². The van der Waals surface area contributed by atoms with Crippen molar-refractivity contribution in [3.63, 3.8) is 0 Å². The predicted molar refractivity (Wildman–Crippen MR) is 88.6 cm³/mol. The average Bonchev–Trinajstić information content (AvgIpc) is 2.77. The zero-order chi connectivity index (χ0) is 14.5. The van der Waals surface area contributed by atoms with Gasteiger partial charge in [0, 0.05) is 23.9 Å². The van der Waals surface area contributed by atoms with Crippen molar-refractivity contribution in [2.45, 2.75) is 76.7 Å². The molecule has 1 fully saturated rings. The molecule has 21 heavy (non-hydrogen) atoms. The van der Waals surface area contributed by atoms with Gasteiger partial charge in [0.2, 0.25) is 0 Å². The van der Waals surface area contributed by atoms with Gasteiger partial charge in [-0.05, 0) is 62.6 Å². The van der Waals surface area contributed by atoms with Crippen LogP contribution in [-0.2, 0) is 6.42 Å². The lowest BCUT2D eigenvalue weighted by molar-refractivity contribution is 0.263. The second-order valence-corrected chi connectivity index (χ2v) is 6.91. The Kier molecular flexibility index (Phi) is 5.29. The van der Waals surface area contributed by atoms with Crippen LogP contribution in [0.2, 0.25) is 0 Å². The van der Waals surface area contributed by atoms with E-state index in [1.807, 2.05) is 6.20 Å². The molecule has 2 aliphatic carbocycles. The van der Waals surface area contributed by atoms with Crippen LogP contribution >= 0.6 is 0 Å². The Labute approximate surface area is 129 Å². The summed E-state index contributed by atoms with van der Waals surface area (Å²) in [6.07, 6.45) is 14.2. The molecule has 1 N–H and O–H groups in total. The lowest BCUT2D eigenvalue weighted by atomic mass is 9.73. The monoisotopic (exact) mass is 286 g/mol. The van der Waals surface area contributed by atoms with Gasteiger partial charge >= 0.3 is 0 Å². The smallest absolute Gasteiger partial charge is 0.0469 e. The Morgan fingerprint density at radius 1 is 1.14 bits per heavy atom. The third-order valence-corrected chi connectivity index (χ3v) is 5.48. The minimum atomic E-state index is 0.697. The molecule has 3 rings (SSSR count). The summed E-state index contributed by atoms with van der Waals surface area (Å²) < 4.78 is 0. The maximum Gasteiger partial charge on any atom is 0.0469 e. The molecular weight excluding hydrogens is 256 g/mol. The summed E-state index contributed by atoms with van der Waals surface area (Å²) in [7, 11) is 0. The fourth-order valence-corrected chi connectivity index (χ4v) is 4.46. The number of aryl methyl sites for hydroxylation is 1. The third kappa shape index (κ3) is 3.48. The molecule has 0 bridgehead atoms. The average molecular weight is 286 g/mol. The van der Waals surface area contributed by atoms with Gasteiger partial charge in [0.05, 0.1) is 0 Å². The molecule has 0 amide bonds. The molecule has 1 aromatic heterocycles. The SMILES string of the molecule is CCCNC1CCCCCC1C1CCCc2cccnc21. The predicted octanol–water partition coefficient (Wildman–Crippen LogP) is 4.45. The number of nitrogens with one attached hydrogen (secondary N) is 1. The number of hydrogen-bond acceptors (Lipinski definition) is 2. The van der Waals surface area contributed by atoms with Crippen LogP contribution in [0.15, 0.2) is 18.3 Å². The van der Waals surface area contributed by atoms with Crippen molar-refractivity contribution in [1.29, 1.82) is 0 Å². The van der Waals surface area contributed by atoms with Crippen LogP contribution in [0, 0.1) is 5.92 Å². The van der Waals surface area contributed by atoms with Crippen molar-refractivity contribution in [2.75, 3.05) is 6.54 Å². The Balaban J connectivity index is 1.82. The lowest BCUT2D eigenvalue weighted by Gasteiger charge is -2.36. The first-order valence-electron chi connectivity index (χ1n) is 9.07. The van der Waals surface area contributed by atoms with Gasteiger partial charge in [0.15, 0.2) is 0 Å². The maximum absolute atomic E-state index is 4.79. The second-order valence-electron chi connectivity index (χ2n) is 6.91. The molecule has 1 heterocycles. The number of rotatable bonds is 4. The van der Waals surface area contributed by atoms with Crippen LogP contribution in [0.5, 0.6) is 0 Å². The molecule has 0 aliphatic heterocycles. The van der Waals surface area contributed by atoms with Crippen LogP contribution in [0.1, 0.15) is 75.5 Å². The summed E-state index contributed by atoms with van der Waals surface area (Å²) in [5.41, 5.74) is 2.95. The van der Waals surface area contributed by atoms with E-state index in [0.717, 1.165) is 5.92 Å². The minimum Gasteiger partial charge on any atom is -0.314 e. The molecular formula is C19H30N2. The number of pyridine rings is 1. The molecule has 3 atom stereocenters. The summed E-state index contributed by atoms with van der Waals surface area (Å²) in [6.45, 7) is 3.44. The fourth-order valence-electron chi connectivity index (χ4n) is 4.46. The number of hydrogen-bond donors (Lipinski definition) is 1. The topological polar surface area (TPSA) is 24.9 Å². The summed E-state index contributed by atoms with van der Waals surface area (Å²) in [6, 6.07) is 5.13. The highest BCUT2D eigenvalue weighted by Gasteiger charge is 2.34. The van der Waals surface area contributed by atoms with Crippen molar-refractivity contribution < 1.29 is 0 Å². The Bertz CT molecular complexity index is 443. The Morgan fingerprint density at radius 2 is 2.05 bits per heavy atom. The van der Waals surface area contributed by atoms with Crippen LogP contribution < -0.4 is 5.32 Å². The first-order chi connectivity index (χ1) is 10.4. The third-order valence-electron chi connectivity index (χ3n) is 5.48. The molecule has 0 spiro atoms. The highest BCUT2D eigenvalue weighted by atomic mass is 14.9. The Hall–Kier alpha value is -0.890. The maximum atomic E-state index is 4.79. The molecule has 0 radical (unpaired) electrons. The van der Waals surface area contributed by atoms with Gasteiger partial charge in [-0.15, -0.1) is 0 Å².